The van der Waals surface area contributed by atoms with Crippen LogP contribution < -0.4 is 15.0 Å². The lowest BCUT2D eigenvalue weighted by atomic mass is 10.1. The highest BCUT2D eigenvalue weighted by molar-refractivity contribution is 7.15. The minimum absolute atomic E-state index is 0.632. The molecule has 0 saturated carbocycles. The van der Waals surface area contributed by atoms with Crippen molar-refractivity contribution in [2.75, 3.05) is 39.2 Å². The van der Waals surface area contributed by atoms with E-state index in [-0.39, 0.29) is 0 Å². The number of methoxy groups -OCH3 is 1. The van der Waals surface area contributed by atoms with Crippen LogP contribution >= 0.6 is 11.3 Å². The van der Waals surface area contributed by atoms with E-state index in [1.807, 2.05) is 19.0 Å². The second-order valence-corrected chi connectivity index (χ2v) is 6.91. The molecule has 2 fully saturated rings. The highest BCUT2D eigenvalue weighted by atomic mass is 32.1. The molecule has 5 nitrogen and oxygen atoms in total. The van der Waals surface area contributed by atoms with Crippen molar-refractivity contribution >= 4 is 16.5 Å². The van der Waals surface area contributed by atoms with E-state index >= 15 is 0 Å². The van der Waals surface area contributed by atoms with Gasteiger partial charge in [-0.15, -0.1) is 0 Å². The third-order valence-electron chi connectivity index (χ3n) is 4.36. The van der Waals surface area contributed by atoms with E-state index in [4.69, 9.17) is 4.74 Å². The zero-order valence-electron chi connectivity index (χ0n) is 12.6. The number of hydrogen-bond acceptors (Lipinski definition) is 6. The van der Waals surface area contributed by atoms with Crippen LogP contribution in [0.4, 0.5) is 5.13 Å². The van der Waals surface area contributed by atoms with E-state index in [1.165, 1.54) is 37.2 Å². The minimum atomic E-state index is 0.632. The second kappa shape index (κ2) is 5.87. The maximum Gasteiger partial charge on any atom is 0.230 e. The fourth-order valence-electron chi connectivity index (χ4n) is 3.33. The van der Waals surface area contributed by atoms with Gasteiger partial charge in [-0.2, -0.15) is 4.98 Å². The lowest BCUT2D eigenvalue weighted by Crippen LogP contribution is -2.38. The van der Waals surface area contributed by atoms with Gasteiger partial charge in [0.25, 0.3) is 0 Å². The molecular formula is C14H24N4OS. The number of rotatable bonds is 5. The molecule has 2 aliphatic rings. The molecule has 0 radical (unpaired) electrons. The average molecular weight is 296 g/mol. The van der Waals surface area contributed by atoms with E-state index in [1.54, 1.807) is 18.4 Å². The first kappa shape index (κ1) is 14.1. The molecule has 1 aromatic heterocycles. The monoisotopic (exact) mass is 296 g/mol. The summed E-state index contributed by atoms with van der Waals surface area (Å²) in [6.07, 6.45) is 3.98. The zero-order chi connectivity index (χ0) is 14.1. The molecule has 1 N–H and O–H groups in total. The molecule has 0 bridgehead atoms. The highest BCUT2D eigenvalue weighted by Gasteiger charge is 2.36. The van der Waals surface area contributed by atoms with Crippen molar-refractivity contribution in [1.29, 1.82) is 0 Å². The smallest absolute Gasteiger partial charge is 0.230 e. The third-order valence-corrected chi connectivity index (χ3v) is 5.56. The minimum Gasteiger partial charge on any atom is -0.480 e. The zero-order valence-corrected chi connectivity index (χ0v) is 13.4. The maximum absolute atomic E-state index is 5.40. The van der Waals surface area contributed by atoms with E-state index in [2.05, 4.69) is 15.2 Å². The standard InChI is InChI=1S/C14H24N4OS/c1-17(2)14-16-13(19-3)12(20-14)9-15-10-6-8-18-7-4-5-11(10)18/h10-11,15H,4-9H2,1-3H3. The average Bonchev–Trinajstić information content (AvgIpc) is 3.11. The van der Waals surface area contributed by atoms with Crippen LogP contribution in [0.2, 0.25) is 0 Å². The summed E-state index contributed by atoms with van der Waals surface area (Å²) in [5.74, 6) is 0.771. The summed E-state index contributed by atoms with van der Waals surface area (Å²) in [4.78, 5) is 10.4. The first-order valence-electron chi connectivity index (χ1n) is 7.37. The van der Waals surface area contributed by atoms with Crippen molar-refractivity contribution in [3.8, 4) is 5.88 Å². The van der Waals surface area contributed by atoms with Gasteiger partial charge in [-0.3, -0.25) is 4.90 Å². The number of ether oxygens (including phenoxy) is 1. The van der Waals surface area contributed by atoms with Crippen LogP contribution in [0.5, 0.6) is 5.88 Å². The lowest BCUT2D eigenvalue weighted by molar-refractivity contribution is 0.298. The van der Waals surface area contributed by atoms with Gasteiger partial charge in [-0.1, -0.05) is 11.3 Å². The molecule has 0 aromatic carbocycles. The first-order valence-corrected chi connectivity index (χ1v) is 8.19. The lowest BCUT2D eigenvalue weighted by Gasteiger charge is -2.21. The molecule has 2 atom stereocenters. The summed E-state index contributed by atoms with van der Waals surface area (Å²) in [6.45, 7) is 3.41. The second-order valence-electron chi connectivity index (χ2n) is 5.84. The summed E-state index contributed by atoms with van der Waals surface area (Å²) in [6, 6.07) is 1.38. The Morgan fingerprint density at radius 3 is 3.00 bits per heavy atom. The summed E-state index contributed by atoms with van der Waals surface area (Å²) >= 11 is 1.71. The molecule has 3 heterocycles. The normalized spacial score (nSPS) is 25.9. The number of thiazole rings is 1. The van der Waals surface area contributed by atoms with E-state index in [0.29, 0.717) is 6.04 Å². The van der Waals surface area contributed by atoms with Gasteiger partial charge in [0, 0.05) is 39.3 Å². The molecule has 1 aromatic rings. The molecule has 2 aliphatic heterocycles. The Kier molecular flexibility index (Phi) is 4.14. The van der Waals surface area contributed by atoms with E-state index in [0.717, 1.165) is 23.6 Å². The van der Waals surface area contributed by atoms with Gasteiger partial charge in [-0.05, 0) is 25.8 Å². The Morgan fingerprint density at radius 1 is 1.40 bits per heavy atom. The summed E-state index contributed by atoms with van der Waals surface area (Å²) < 4.78 is 5.40. The molecule has 2 saturated heterocycles. The molecule has 6 heteroatoms. The SMILES string of the molecule is COc1nc(N(C)C)sc1CNC1CCN2CCCC12. The van der Waals surface area contributed by atoms with Crippen LogP contribution in [0.1, 0.15) is 24.1 Å². The molecular weight excluding hydrogens is 272 g/mol. The maximum atomic E-state index is 5.40. The molecule has 0 amide bonds. The van der Waals surface area contributed by atoms with Crippen LogP contribution in [0.25, 0.3) is 0 Å². The Hall–Kier alpha value is -0.850. The van der Waals surface area contributed by atoms with Gasteiger partial charge in [-0.25, -0.2) is 0 Å². The van der Waals surface area contributed by atoms with E-state index in [9.17, 15) is 0 Å². The van der Waals surface area contributed by atoms with Gasteiger partial charge in [0.15, 0.2) is 5.13 Å². The Morgan fingerprint density at radius 2 is 2.25 bits per heavy atom. The molecule has 20 heavy (non-hydrogen) atoms. The number of nitrogens with one attached hydrogen (secondary N) is 1. The predicted octanol–water partition coefficient (Wildman–Crippen LogP) is 1.54. The first-order chi connectivity index (χ1) is 9.69. The van der Waals surface area contributed by atoms with Crippen molar-refractivity contribution in [3.63, 3.8) is 0 Å². The number of hydrogen-bond donors (Lipinski definition) is 1. The van der Waals surface area contributed by atoms with Gasteiger partial charge in [0.2, 0.25) is 5.88 Å². The van der Waals surface area contributed by atoms with Gasteiger partial charge in [0.05, 0.1) is 12.0 Å². The molecule has 2 unspecified atom stereocenters. The summed E-state index contributed by atoms with van der Waals surface area (Å²) in [5.41, 5.74) is 0. The Labute approximate surface area is 124 Å². The van der Waals surface area contributed by atoms with Crippen molar-refractivity contribution in [2.24, 2.45) is 0 Å². The third kappa shape index (κ3) is 2.64. The molecule has 0 aliphatic carbocycles. The van der Waals surface area contributed by atoms with Crippen LogP contribution in [-0.4, -0.2) is 56.3 Å². The van der Waals surface area contributed by atoms with Crippen LogP contribution in [0, 0.1) is 0 Å². The number of nitrogens with zero attached hydrogens (tertiary/aromatic N) is 3. The Bertz CT molecular complexity index is 462. The fraction of sp³-hybridized carbons (Fsp3) is 0.786. The largest absolute Gasteiger partial charge is 0.480 e. The van der Waals surface area contributed by atoms with Gasteiger partial charge < -0.3 is 15.0 Å². The molecule has 112 valence electrons. The number of aromatic nitrogens is 1. The molecule has 0 spiro atoms. The summed E-state index contributed by atoms with van der Waals surface area (Å²) in [5, 5.41) is 4.73. The van der Waals surface area contributed by atoms with Crippen molar-refractivity contribution in [1.82, 2.24) is 15.2 Å². The van der Waals surface area contributed by atoms with E-state index < -0.39 is 0 Å². The van der Waals surface area contributed by atoms with Crippen LogP contribution in [0.3, 0.4) is 0 Å². The van der Waals surface area contributed by atoms with Crippen LogP contribution in [0.15, 0.2) is 0 Å². The van der Waals surface area contributed by atoms with Crippen molar-refractivity contribution in [2.45, 2.75) is 37.9 Å². The number of anilines is 1. The van der Waals surface area contributed by atoms with Gasteiger partial charge >= 0.3 is 0 Å². The Balaban J connectivity index is 1.63. The molecule has 3 rings (SSSR count). The summed E-state index contributed by atoms with van der Waals surface area (Å²) in [7, 11) is 5.73. The van der Waals surface area contributed by atoms with Crippen molar-refractivity contribution in [3.05, 3.63) is 4.88 Å². The van der Waals surface area contributed by atoms with Crippen molar-refractivity contribution < 1.29 is 4.74 Å². The van der Waals surface area contributed by atoms with Gasteiger partial charge in [0.1, 0.15) is 0 Å². The van der Waals surface area contributed by atoms with Crippen LogP contribution in [-0.2, 0) is 6.54 Å². The highest BCUT2D eigenvalue weighted by Crippen LogP contribution is 2.32. The predicted molar refractivity (Wildman–Crippen MR) is 82.8 cm³/mol. The quantitative estimate of drug-likeness (QED) is 0.892. The fourth-order valence-corrected chi connectivity index (χ4v) is 4.24. The topological polar surface area (TPSA) is 40.6 Å². The number of fused-ring (bicyclic) bond motifs is 1.